The zero-order valence-electron chi connectivity index (χ0n) is 11.3. The maximum Gasteiger partial charge on any atom is 0.368 e. The van der Waals surface area contributed by atoms with Gasteiger partial charge < -0.3 is 0 Å². The normalized spacial score (nSPS) is 48.3. The first-order valence-electron chi connectivity index (χ1n) is 7.52. The Kier molecular flexibility index (Phi) is 2.81. The van der Waals surface area contributed by atoms with Gasteiger partial charge in [-0.3, -0.25) is 4.55 Å². The standard InChI is InChI=1S/C13H18F3NO3S/c14-13(15,17(16)21(18,19)20)10-5-8-4-9(10)12-7-2-1-6(3-7)11(8)12/h6-12H,1-5H2,(H,18,19,20). The van der Waals surface area contributed by atoms with Gasteiger partial charge in [-0.15, -0.1) is 4.48 Å². The van der Waals surface area contributed by atoms with E-state index >= 15 is 0 Å². The van der Waals surface area contributed by atoms with Crippen LogP contribution in [0.4, 0.5) is 13.3 Å². The molecule has 0 heterocycles. The van der Waals surface area contributed by atoms with E-state index in [2.05, 4.69) is 0 Å². The predicted molar refractivity (Wildman–Crippen MR) is 67.0 cm³/mol. The minimum absolute atomic E-state index is 0.165. The van der Waals surface area contributed by atoms with E-state index in [1.54, 1.807) is 0 Å². The second-order valence-electron chi connectivity index (χ2n) is 7.27. The second kappa shape index (κ2) is 4.14. The molecule has 0 aliphatic heterocycles. The summed E-state index contributed by atoms with van der Waals surface area (Å²) in [5, 5.41) is 0. The molecular weight excluding hydrogens is 307 g/mol. The van der Waals surface area contributed by atoms with E-state index in [1.807, 2.05) is 0 Å². The summed E-state index contributed by atoms with van der Waals surface area (Å²) in [5.74, 6) is 0.314. The van der Waals surface area contributed by atoms with Crippen molar-refractivity contribution in [3.05, 3.63) is 0 Å². The van der Waals surface area contributed by atoms with Crippen molar-refractivity contribution in [3.63, 3.8) is 0 Å². The zero-order valence-corrected chi connectivity index (χ0v) is 12.1. The van der Waals surface area contributed by atoms with Crippen LogP contribution in [0.2, 0.25) is 0 Å². The van der Waals surface area contributed by atoms with Gasteiger partial charge in [-0.05, 0) is 67.6 Å². The first-order valence-corrected chi connectivity index (χ1v) is 8.92. The van der Waals surface area contributed by atoms with Gasteiger partial charge in [0.1, 0.15) is 0 Å². The van der Waals surface area contributed by atoms with Crippen molar-refractivity contribution in [1.82, 2.24) is 4.53 Å². The summed E-state index contributed by atoms with van der Waals surface area (Å²) in [6.45, 7) is 0. The molecule has 4 aliphatic rings. The predicted octanol–water partition coefficient (Wildman–Crippen LogP) is 2.89. The Balaban J connectivity index is 1.62. The molecule has 0 amide bonds. The molecule has 0 spiro atoms. The van der Waals surface area contributed by atoms with Gasteiger partial charge in [0.05, 0.1) is 4.53 Å². The smallest absolute Gasteiger partial charge is 0.271 e. The number of nitrogens with zero attached hydrogens (tertiary/aromatic N) is 1. The Morgan fingerprint density at radius 2 is 1.62 bits per heavy atom. The minimum Gasteiger partial charge on any atom is -0.271 e. The highest BCUT2D eigenvalue weighted by Crippen LogP contribution is 2.70. The van der Waals surface area contributed by atoms with E-state index in [1.165, 1.54) is 6.42 Å². The molecule has 0 saturated heterocycles. The molecule has 0 aromatic rings. The second-order valence-corrected chi connectivity index (χ2v) is 8.49. The van der Waals surface area contributed by atoms with E-state index in [0.29, 0.717) is 24.2 Å². The number of hydrogen-bond acceptors (Lipinski definition) is 2. The zero-order chi connectivity index (χ0) is 15.2. The molecule has 21 heavy (non-hydrogen) atoms. The summed E-state index contributed by atoms with van der Waals surface area (Å²) in [7, 11) is -5.53. The summed E-state index contributed by atoms with van der Waals surface area (Å²) in [5.41, 5.74) is 0. The first kappa shape index (κ1) is 14.3. The molecule has 0 radical (unpaired) electrons. The quantitative estimate of drug-likeness (QED) is 0.376. The monoisotopic (exact) mass is 325 g/mol. The fourth-order valence-electron chi connectivity index (χ4n) is 6.25. The Morgan fingerprint density at radius 3 is 2.24 bits per heavy atom. The highest BCUT2D eigenvalue weighted by Gasteiger charge is 2.68. The molecule has 0 aromatic heterocycles. The molecule has 4 saturated carbocycles. The van der Waals surface area contributed by atoms with Crippen LogP contribution >= 0.6 is 0 Å². The van der Waals surface area contributed by atoms with Gasteiger partial charge in [-0.1, -0.05) is 0 Å². The van der Waals surface area contributed by atoms with Gasteiger partial charge >= 0.3 is 16.4 Å². The molecule has 7 atom stereocenters. The molecule has 0 aromatic carbocycles. The molecule has 4 nitrogen and oxygen atoms in total. The number of rotatable bonds is 3. The summed E-state index contributed by atoms with van der Waals surface area (Å²) >= 11 is 0. The third-order valence-corrected chi connectivity index (χ3v) is 7.27. The van der Waals surface area contributed by atoms with Crippen LogP contribution in [0, 0.1) is 41.4 Å². The van der Waals surface area contributed by atoms with Crippen LogP contribution in [0.5, 0.6) is 0 Å². The molecule has 4 aliphatic carbocycles. The Hall–Kier alpha value is -0.340. The van der Waals surface area contributed by atoms with Crippen molar-refractivity contribution in [2.24, 2.45) is 41.4 Å². The molecule has 8 heteroatoms. The third kappa shape index (κ3) is 1.78. The number of halogens is 3. The van der Waals surface area contributed by atoms with E-state index in [0.717, 1.165) is 12.8 Å². The number of fused-ring (bicyclic) bond motifs is 9. The SMILES string of the molecule is O=S(=O)(O)N(F)C(F)(F)C1CC2CC1C1C3CCC(C3)C21. The number of alkyl halides is 2. The molecular formula is C13H18F3NO3S. The van der Waals surface area contributed by atoms with Crippen molar-refractivity contribution in [2.45, 2.75) is 38.2 Å². The van der Waals surface area contributed by atoms with Crippen LogP contribution in [-0.2, 0) is 10.3 Å². The van der Waals surface area contributed by atoms with Crippen LogP contribution in [-0.4, -0.2) is 23.5 Å². The van der Waals surface area contributed by atoms with Crippen LogP contribution in [0.3, 0.4) is 0 Å². The van der Waals surface area contributed by atoms with Crippen LogP contribution in [0.1, 0.15) is 32.1 Å². The lowest BCUT2D eigenvalue weighted by atomic mass is 9.67. The van der Waals surface area contributed by atoms with Gasteiger partial charge in [0, 0.05) is 5.92 Å². The van der Waals surface area contributed by atoms with Crippen LogP contribution in [0.25, 0.3) is 0 Å². The van der Waals surface area contributed by atoms with Crippen molar-refractivity contribution < 1.29 is 26.2 Å². The van der Waals surface area contributed by atoms with E-state index in [-0.39, 0.29) is 24.2 Å². The largest absolute Gasteiger partial charge is 0.368 e. The van der Waals surface area contributed by atoms with Crippen molar-refractivity contribution in [3.8, 4) is 0 Å². The van der Waals surface area contributed by atoms with Gasteiger partial charge in [0.25, 0.3) is 0 Å². The average molecular weight is 325 g/mol. The summed E-state index contributed by atoms with van der Waals surface area (Å²) in [6, 6.07) is -4.15. The lowest BCUT2D eigenvalue weighted by molar-refractivity contribution is -0.232. The van der Waals surface area contributed by atoms with Crippen molar-refractivity contribution >= 4 is 10.3 Å². The molecule has 4 fully saturated rings. The summed E-state index contributed by atoms with van der Waals surface area (Å²) < 4.78 is 70.2. The van der Waals surface area contributed by atoms with Crippen LogP contribution < -0.4 is 0 Å². The maximum atomic E-state index is 14.2. The van der Waals surface area contributed by atoms with E-state index < -0.39 is 26.8 Å². The summed E-state index contributed by atoms with van der Waals surface area (Å²) in [6.07, 6.45) is 4.15. The first-order chi connectivity index (χ1) is 9.71. The lowest BCUT2D eigenvalue weighted by Crippen LogP contribution is -2.49. The fraction of sp³-hybridized carbons (Fsp3) is 1.00. The lowest BCUT2D eigenvalue weighted by Gasteiger charge is -2.41. The highest BCUT2D eigenvalue weighted by atomic mass is 32.2. The minimum atomic E-state index is -5.53. The molecule has 4 rings (SSSR count). The van der Waals surface area contributed by atoms with Gasteiger partial charge in [0.15, 0.2) is 0 Å². The van der Waals surface area contributed by atoms with E-state index in [9.17, 15) is 21.7 Å². The van der Waals surface area contributed by atoms with Gasteiger partial charge in [-0.2, -0.15) is 17.2 Å². The Bertz CT molecular complexity index is 569. The topological polar surface area (TPSA) is 57.6 Å². The average Bonchev–Trinajstić information content (AvgIpc) is 3.13. The van der Waals surface area contributed by atoms with E-state index in [4.69, 9.17) is 4.55 Å². The molecule has 1 N–H and O–H groups in total. The Morgan fingerprint density at radius 1 is 1.00 bits per heavy atom. The third-order valence-electron chi connectivity index (χ3n) is 6.62. The summed E-state index contributed by atoms with van der Waals surface area (Å²) in [4.78, 5) is 0. The molecule has 120 valence electrons. The van der Waals surface area contributed by atoms with Crippen molar-refractivity contribution in [1.29, 1.82) is 0 Å². The highest BCUT2D eigenvalue weighted by molar-refractivity contribution is 7.83. The van der Waals surface area contributed by atoms with Gasteiger partial charge in [-0.25, -0.2) is 0 Å². The molecule has 4 bridgehead atoms. The van der Waals surface area contributed by atoms with Crippen molar-refractivity contribution in [2.75, 3.05) is 0 Å². The molecule has 7 unspecified atom stereocenters. The number of hydrogen-bond donors (Lipinski definition) is 1. The maximum absolute atomic E-state index is 14.2. The van der Waals surface area contributed by atoms with Gasteiger partial charge in [0.2, 0.25) is 0 Å². The fourth-order valence-corrected chi connectivity index (χ4v) is 6.69. The Labute approximate surface area is 121 Å². The van der Waals surface area contributed by atoms with Crippen LogP contribution in [0.15, 0.2) is 0 Å².